The Hall–Kier alpha value is -4.42. The van der Waals surface area contributed by atoms with Crippen LogP contribution in [0.15, 0.2) is 82.7 Å². The Labute approximate surface area is 255 Å². The van der Waals surface area contributed by atoms with E-state index in [1.54, 1.807) is 0 Å². The summed E-state index contributed by atoms with van der Waals surface area (Å²) in [6.45, 7) is 0.772. The number of alkyl halides is 3. The predicted molar refractivity (Wildman–Crippen MR) is 164 cm³/mol. The number of nitrogens with two attached hydrogens (primary N) is 1. The van der Waals surface area contributed by atoms with Crippen molar-refractivity contribution in [1.29, 1.82) is 5.41 Å². The van der Waals surface area contributed by atoms with Crippen LogP contribution in [0.2, 0.25) is 0 Å². The highest BCUT2D eigenvalue weighted by atomic mass is 35.5. The summed E-state index contributed by atoms with van der Waals surface area (Å²) in [5.41, 5.74) is 9.92. The van der Waals surface area contributed by atoms with Crippen molar-refractivity contribution in [2.24, 2.45) is 5.73 Å². The van der Waals surface area contributed by atoms with Gasteiger partial charge in [0.05, 0.1) is 11.3 Å². The number of hydrogen-bond acceptors (Lipinski definition) is 7. The number of nitrogens with one attached hydrogen (secondary N) is 2. The lowest BCUT2D eigenvalue weighted by Gasteiger charge is -2.23. The van der Waals surface area contributed by atoms with E-state index in [9.17, 15) is 13.2 Å². The maximum Gasteiger partial charge on any atom is 0.416 e. The van der Waals surface area contributed by atoms with Gasteiger partial charge in [-0.05, 0) is 60.4 Å². The van der Waals surface area contributed by atoms with E-state index < -0.39 is 11.7 Å². The van der Waals surface area contributed by atoms with E-state index in [0.717, 1.165) is 64.7 Å². The van der Waals surface area contributed by atoms with Crippen LogP contribution < -0.4 is 11.1 Å². The van der Waals surface area contributed by atoms with Crippen molar-refractivity contribution < 1.29 is 17.7 Å². The second kappa shape index (κ2) is 12.4. The molecule has 0 radical (unpaired) electrons. The first-order valence-corrected chi connectivity index (χ1v) is 14.2. The summed E-state index contributed by atoms with van der Waals surface area (Å²) in [7, 11) is 0. The zero-order chi connectivity index (χ0) is 29.3. The van der Waals surface area contributed by atoms with Crippen LogP contribution in [0.4, 0.5) is 24.0 Å². The first-order valence-electron chi connectivity index (χ1n) is 13.3. The highest BCUT2D eigenvalue weighted by molar-refractivity contribution is 7.14. The molecule has 5 aromatic rings. The molecule has 4 N–H and O–H groups in total. The van der Waals surface area contributed by atoms with Gasteiger partial charge in [0.1, 0.15) is 0 Å². The number of benzene rings is 3. The van der Waals surface area contributed by atoms with E-state index in [4.69, 9.17) is 15.7 Å². The summed E-state index contributed by atoms with van der Waals surface area (Å²) in [6.07, 6.45) is -1.88. The second-order valence-electron chi connectivity index (χ2n) is 9.98. The molecule has 2 aromatic heterocycles. The van der Waals surface area contributed by atoms with E-state index in [2.05, 4.69) is 20.4 Å². The summed E-state index contributed by atoms with van der Waals surface area (Å²) in [4.78, 5) is 11.1. The number of anilines is 2. The predicted octanol–water partition coefficient (Wildman–Crippen LogP) is 7.61. The van der Waals surface area contributed by atoms with Crippen LogP contribution >= 0.6 is 23.7 Å². The van der Waals surface area contributed by atoms with Crippen molar-refractivity contribution in [1.82, 2.24) is 20.0 Å². The Balaban J connectivity index is 0.00000368. The lowest BCUT2D eigenvalue weighted by Crippen LogP contribution is -2.41. The Morgan fingerprint density at radius 2 is 1.58 bits per heavy atom. The molecule has 13 heteroatoms. The quantitative estimate of drug-likeness (QED) is 0.126. The van der Waals surface area contributed by atoms with Crippen LogP contribution in [0.5, 0.6) is 0 Å². The SMILES string of the molecule is Cl.N=C(N)N1CCC[C@H]1Cc1nc(-c2ccc(Nc3nc(-c4ccc(-c5ccc(C(F)(F)F)cc5)cc4)cs3)cc2)no1. The molecule has 43 heavy (non-hydrogen) atoms. The lowest BCUT2D eigenvalue weighted by molar-refractivity contribution is -0.137. The molecular formula is C30H27ClF3N7OS. The molecule has 1 fully saturated rings. The fourth-order valence-corrected chi connectivity index (χ4v) is 5.74. The van der Waals surface area contributed by atoms with Gasteiger partial charge in [-0.2, -0.15) is 18.2 Å². The average Bonchev–Trinajstić information content (AvgIpc) is 3.75. The van der Waals surface area contributed by atoms with Crippen molar-refractivity contribution in [2.45, 2.75) is 31.5 Å². The normalized spacial score (nSPS) is 14.9. The standard InChI is InChI=1S/C30H26F3N7OS.ClH/c31-30(32,33)22-11-7-19(8-12-22)18-3-5-20(6-4-18)25-17-42-29(37-25)36-23-13-9-21(10-14-23)27-38-26(41-39-27)16-24-2-1-15-40(24)28(34)35;/h3-14,17,24H,1-2,15-16H2,(H3,34,35)(H,36,37);1H/t24-;/m0./s1. The largest absolute Gasteiger partial charge is 0.416 e. The van der Waals surface area contributed by atoms with Crippen molar-refractivity contribution >= 4 is 40.5 Å². The van der Waals surface area contributed by atoms with E-state index in [-0.39, 0.29) is 24.4 Å². The van der Waals surface area contributed by atoms with E-state index >= 15 is 0 Å². The highest BCUT2D eigenvalue weighted by Gasteiger charge is 2.30. The monoisotopic (exact) mass is 625 g/mol. The van der Waals surface area contributed by atoms with Gasteiger partial charge < -0.3 is 20.5 Å². The van der Waals surface area contributed by atoms with Crippen molar-refractivity contribution in [3.8, 4) is 33.8 Å². The van der Waals surface area contributed by atoms with Gasteiger partial charge in [0.25, 0.3) is 0 Å². The van der Waals surface area contributed by atoms with Crippen LogP contribution in [0.3, 0.4) is 0 Å². The van der Waals surface area contributed by atoms with Crippen molar-refractivity contribution in [3.63, 3.8) is 0 Å². The molecular weight excluding hydrogens is 599 g/mol. The number of nitrogens with zero attached hydrogens (tertiary/aromatic N) is 4. The van der Waals surface area contributed by atoms with Gasteiger partial charge in [0, 0.05) is 41.2 Å². The molecule has 3 heterocycles. The van der Waals surface area contributed by atoms with Crippen LogP contribution in [0, 0.1) is 5.41 Å². The van der Waals surface area contributed by atoms with Crippen LogP contribution in [0.1, 0.15) is 24.3 Å². The molecule has 8 nitrogen and oxygen atoms in total. The minimum atomic E-state index is -4.35. The minimum Gasteiger partial charge on any atom is -0.370 e. The Bertz CT molecular complexity index is 1690. The number of halogens is 4. The van der Waals surface area contributed by atoms with Crippen LogP contribution in [0.25, 0.3) is 33.8 Å². The van der Waals surface area contributed by atoms with Crippen LogP contribution in [-0.4, -0.2) is 38.6 Å². The summed E-state index contributed by atoms with van der Waals surface area (Å²) in [6, 6.07) is 20.4. The average molecular weight is 626 g/mol. The molecule has 222 valence electrons. The molecule has 3 aromatic carbocycles. The third-order valence-electron chi connectivity index (χ3n) is 7.19. The molecule has 0 saturated carbocycles. The van der Waals surface area contributed by atoms with Gasteiger partial charge >= 0.3 is 6.18 Å². The highest BCUT2D eigenvalue weighted by Crippen LogP contribution is 2.33. The molecule has 1 aliphatic rings. The van der Waals surface area contributed by atoms with Crippen molar-refractivity contribution in [3.05, 3.63) is 89.6 Å². The Morgan fingerprint density at radius 1 is 0.953 bits per heavy atom. The number of rotatable bonds is 7. The van der Waals surface area contributed by atoms with Gasteiger partial charge in [-0.1, -0.05) is 41.6 Å². The molecule has 6 rings (SSSR count). The number of aromatic nitrogens is 3. The van der Waals surface area contributed by atoms with E-state index in [1.165, 1.54) is 23.5 Å². The van der Waals surface area contributed by atoms with Gasteiger partial charge in [-0.3, -0.25) is 5.41 Å². The number of guanidine groups is 1. The van der Waals surface area contributed by atoms with E-state index in [0.29, 0.717) is 23.7 Å². The topological polar surface area (TPSA) is 117 Å². The third-order valence-corrected chi connectivity index (χ3v) is 7.95. The first kappa shape index (κ1) is 30.1. The molecule has 0 bridgehead atoms. The van der Waals surface area contributed by atoms with Gasteiger partial charge in [0.2, 0.25) is 11.7 Å². The lowest BCUT2D eigenvalue weighted by atomic mass is 10.0. The Kier molecular flexibility index (Phi) is 8.69. The molecule has 1 saturated heterocycles. The molecule has 1 atom stereocenters. The smallest absolute Gasteiger partial charge is 0.370 e. The fraction of sp³-hybridized carbons (Fsp3) is 0.200. The molecule has 0 spiro atoms. The fourth-order valence-electron chi connectivity index (χ4n) is 5.00. The third kappa shape index (κ3) is 6.81. The summed E-state index contributed by atoms with van der Waals surface area (Å²) in [5, 5.41) is 17.8. The second-order valence-corrected chi connectivity index (χ2v) is 10.8. The zero-order valence-corrected chi connectivity index (χ0v) is 24.3. The van der Waals surface area contributed by atoms with Gasteiger partial charge in [-0.25, -0.2) is 4.98 Å². The summed E-state index contributed by atoms with van der Waals surface area (Å²) >= 11 is 1.47. The maximum atomic E-state index is 12.8. The van der Waals surface area contributed by atoms with Gasteiger partial charge in [0.15, 0.2) is 11.1 Å². The number of hydrogen-bond donors (Lipinski definition) is 3. The Morgan fingerprint density at radius 3 is 2.23 bits per heavy atom. The van der Waals surface area contributed by atoms with Crippen LogP contribution in [-0.2, 0) is 12.6 Å². The molecule has 0 aliphatic carbocycles. The van der Waals surface area contributed by atoms with E-state index in [1.807, 2.05) is 58.8 Å². The number of likely N-dealkylation sites (tertiary alicyclic amines) is 1. The first-order chi connectivity index (χ1) is 20.2. The number of thiazole rings is 1. The maximum absolute atomic E-state index is 12.8. The summed E-state index contributed by atoms with van der Waals surface area (Å²) in [5.74, 6) is 1.09. The molecule has 0 unspecified atom stereocenters. The molecule has 1 aliphatic heterocycles. The zero-order valence-electron chi connectivity index (χ0n) is 22.6. The minimum absolute atomic E-state index is 0. The molecule has 0 amide bonds. The van der Waals surface area contributed by atoms with Crippen molar-refractivity contribution in [2.75, 3.05) is 11.9 Å². The van der Waals surface area contributed by atoms with Gasteiger partial charge in [-0.15, -0.1) is 23.7 Å². The summed E-state index contributed by atoms with van der Waals surface area (Å²) < 4.78 is 44.0.